The second-order valence-electron chi connectivity index (χ2n) is 12.3. The van der Waals surface area contributed by atoms with Crippen LogP contribution in [0.2, 0.25) is 0 Å². The van der Waals surface area contributed by atoms with Crippen molar-refractivity contribution in [2.75, 3.05) is 11.1 Å². The zero-order valence-electron chi connectivity index (χ0n) is 28.5. The molecule has 0 radical (unpaired) electrons. The Balaban J connectivity index is 0.999. The van der Waals surface area contributed by atoms with Crippen LogP contribution < -0.4 is 15.4 Å². The number of amides is 2. The number of aliphatic hydroxyl groups is 1. The molecule has 11 heteroatoms. The van der Waals surface area contributed by atoms with E-state index < -0.39 is 6.29 Å². The number of aromatic nitrogens is 2. The van der Waals surface area contributed by atoms with E-state index in [0.29, 0.717) is 24.4 Å². The summed E-state index contributed by atoms with van der Waals surface area (Å²) in [5, 5.41) is 24.8. The van der Waals surface area contributed by atoms with E-state index in [9.17, 15) is 9.90 Å². The van der Waals surface area contributed by atoms with Crippen LogP contribution >= 0.6 is 23.1 Å². The second kappa shape index (κ2) is 17.0. The van der Waals surface area contributed by atoms with Gasteiger partial charge in [0, 0.05) is 30.0 Å². The van der Waals surface area contributed by atoms with Gasteiger partial charge in [-0.05, 0) is 83.3 Å². The molecule has 0 saturated carbocycles. The highest BCUT2D eigenvalue weighted by molar-refractivity contribution is 8.01. The number of urea groups is 1. The number of aryl methyl sites for hydroxylation is 1. The summed E-state index contributed by atoms with van der Waals surface area (Å²) in [5.74, 6) is 2.15. The number of hydrogen-bond donors (Lipinski definition) is 3. The number of rotatable bonds is 12. The summed E-state index contributed by atoms with van der Waals surface area (Å²) in [7, 11) is 0. The van der Waals surface area contributed by atoms with E-state index in [4.69, 9.17) is 14.2 Å². The molecule has 3 unspecified atom stereocenters. The molecule has 5 aromatic carbocycles. The third-order valence-electron chi connectivity index (χ3n) is 8.48. The Morgan fingerprint density at radius 2 is 1.58 bits per heavy atom. The monoisotopic (exact) mass is 730 g/mol. The molecule has 1 aliphatic rings. The Morgan fingerprint density at radius 1 is 0.827 bits per heavy atom. The number of hydrogen-bond acceptors (Lipinski definition) is 9. The first-order chi connectivity index (χ1) is 25.5. The van der Waals surface area contributed by atoms with E-state index in [-0.39, 0.29) is 24.8 Å². The molecule has 1 aliphatic heterocycles. The van der Waals surface area contributed by atoms with Gasteiger partial charge in [0.25, 0.3) is 0 Å². The van der Waals surface area contributed by atoms with Crippen molar-refractivity contribution < 1.29 is 24.1 Å². The molecule has 0 spiro atoms. The van der Waals surface area contributed by atoms with Gasteiger partial charge in [-0.25, -0.2) is 4.79 Å². The summed E-state index contributed by atoms with van der Waals surface area (Å²) in [4.78, 5) is 12.8. The number of para-hydroxylation sites is 1. The Bertz CT molecular complexity index is 2080. The molecule has 9 nitrogen and oxygen atoms in total. The minimum Gasteiger partial charge on any atom is -0.457 e. The zero-order chi connectivity index (χ0) is 35.7. The molecule has 6 aromatic rings. The SMILES string of the molecule is Cc1nnc(SCC2CC(c3ccc(CO)cc3)OC(c3cccc(-c4cccc(CNC(=O)Nc5ccc(Oc6ccccc6)cc5)c4)c3)O2)s1. The van der Waals surface area contributed by atoms with Crippen molar-refractivity contribution in [1.82, 2.24) is 15.5 Å². The Kier molecular flexibility index (Phi) is 11.6. The van der Waals surface area contributed by atoms with Gasteiger partial charge in [0.2, 0.25) is 0 Å². The number of aliphatic hydroxyl groups excluding tert-OH is 1. The fourth-order valence-corrected chi connectivity index (χ4v) is 7.70. The molecule has 3 N–H and O–H groups in total. The standard InChI is InChI=1S/C41H38N4O5S2/c1-27-44-45-41(52-27)51-26-37-23-38(30-15-13-28(25-46)14-16-30)50-39(49-37)33-10-6-9-32(22-33)31-8-5-7-29(21-31)24-42-40(47)43-34-17-19-36(20-18-34)48-35-11-3-2-4-12-35/h2-22,37-39,46H,23-26H2,1H3,(H2,42,43,47). The van der Waals surface area contributed by atoms with Crippen LogP contribution in [0.5, 0.6) is 11.5 Å². The molecule has 1 saturated heterocycles. The molecule has 52 heavy (non-hydrogen) atoms. The third kappa shape index (κ3) is 9.44. The van der Waals surface area contributed by atoms with Gasteiger partial charge < -0.3 is 30.0 Å². The highest BCUT2D eigenvalue weighted by Gasteiger charge is 2.32. The summed E-state index contributed by atoms with van der Waals surface area (Å²) in [6, 6.07) is 40.7. The molecule has 7 rings (SSSR count). The lowest BCUT2D eigenvalue weighted by atomic mass is 9.99. The zero-order valence-corrected chi connectivity index (χ0v) is 30.1. The van der Waals surface area contributed by atoms with Gasteiger partial charge in [-0.1, -0.05) is 102 Å². The van der Waals surface area contributed by atoms with Crippen LogP contribution in [0.4, 0.5) is 10.5 Å². The lowest BCUT2D eigenvalue weighted by Gasteiger charge is -2.36. The minimum atomic E-state index is -0.578. The summed E-state index contributed by atoms with van der Waals surface area (Å²) in [5.41, 5.74) is 6.47. The van der Waals surface area contributed by atoms with Crippen LogP contribution in [-0.2, 0) is 22.6 Å². The molecule has 1 aromatic heterocycles. The van der Waals surface area contributed by atoms with Gasteiger partial charge >= 0.3 is 6.03 Å². The summed E-state index contributed by atoms with van der Waals surface area (Å²) in [6.45, 7) is 2.30. The van der Waals surface area contributed by atoms with E-state index in [0.717, 1.165) is 54.2 Å². The molecule has 1 fully saturated rings. The molecule has 0 bridgehead atoms. The Morgan fingerprint density at radius 3 is 2.33 bits per heavy atom. The van der Waals surface area contributed by atoms with Crippen molar-refractivity contribution in [1.29, 1.82) is 0 Å². The normalized spacial score (nSPS) is 17.0. The summed E-state index contributed by atoms with van der Waals surface area (Å²) in [6.07, 6.45) is -0.153. The quantitative estimate of drug-likeness (QED) is 0.107. The van der Waals surface area contributed by atoms with Crippen molar-refractivity contribution in [3.8, 4) is 22.6 Å². The predicted molar refractivity (Wildman–Crippen MR) is 204 cm³/mol. The summed E-state index contributed by atoms with van der Waals surface area (Å²) < 4.78 is 19.9. The molecule has 2 amide bonds. The number of nitrogens with one attached hydrogen (secondary N) is 2. The van der Waals surface area contributed by atoms with E-state index in [1.807, 2.05) is 97.9 Å². The van der Waals surface area contributed by atoms with Gasteiger partial charge in [0.05, 0.1) is 18.8 Å². The predicted octanol–water partition coefficient (Wildman–Crippen LogP) is 9.46. The average molecular weight is 731 g/mol. The maximum absolute atomic E-state index is 12.8. The second-order valence-corrected chi connectivity index (χ2v) is 14.8. The minimum absolute atomic E-state index is 0.00416. The van der Waals surface area contributed by atoms with Crippen molar-refractivity contribution in [2.24, 2.45) is 0 Å². The lowest BCUT2D eigenvalue weighted by molar-refractivity contribution is -0.245. The fraction of sp³-hybridized carbons (Fsp3) is 0.195. The van der Waals surface area contributed by atoms with Crippen molar-refractivity contribution in [3.63, 3.8) is 0 Å². The van der Waals surface area contributed by atoms with Crippen LogP contribution in [0.25, 0.3) is 11.1 Å². The van der Waals surface area contributed by atoms with E-state index in [1.54, 1.807) is 35.2 Å². The number of benzene rings is 5. The first kappa shape index (κ1) is 35.4. The third-order valence-corrected chi connectivity index (χ3v) is 10.6. The lowest BCUT2D eigenvalue weighted by Crippen LogP contribution is -2.31. The van der Waals surface area contributed by atoms with Crippen LogP contribution in [0, 0.1) is 6.92 Å². The molecule has 264 valence electrons. The number of thioether (sulfide) groups is 1. The summed E-state index contributed by atoms with van der Waals surface area (Å²) >= 11 is 3.23. The van der Waals surface area contributed by atoms with Crippen molar-refractivity contribution in [3.05, 3.63) is 155 Å². The van der Waals surface area contributed by atoms with E-state index >= 15 is 0 Å². The van der Waals surface area contributed by atoms with Crippen molar-refractivity contribution >= 4 is 34.8 Å². The molecule has 2 heterocycles. The van der Waals surface area contributed by atoms with Gasteiger partial charge in [0.15, 0.2) is 10.6 Å². The highest BCUT2D eigenvalue weighted by atomic mass is 32.2. The fourth-order valence-electron chi connectivity index (χ4n) is 5.84. The van der Waals surface area contributed by atoms with Gasteiger partial charge in [-0.3, -0.25) is 0 Å². The molecule has 0 aliphatic carbocycles. The van der Waals surface area contributed by atoms with Crippen LogP contribution in [0.15, 0.2) is 132 Å². The van der Waals surface area contributed by atoms with Crippen LogP contribution in [0.3, 0.4) is 0 Å². The van der Waals surface area contributed by atoms with E-state index in [1.165, 1.54) is 0 Å². The topological polar surface area (TPSA) is 115 Å². The maximum Gasteiger partial charge on any atom is 0.319 e. The number of carbonyl (C=O) groups is 1. The largest absolute Gasteiger partial charge is 0.457 e. The maximum atomic E-state index is 12.8. The van der Waals surface area contributed by atoms with Crippen LogP contribution in [0.1, 0.15) is 46.1 Å². The Hall–Kier alpha value is -5.04. The average Bonchev–Trinajstić information content (AvgIpc) is 3.62. The first-order valence-electron chi connectivity index (χ1n) is 17.0. The number of carbonyl (C=O) groups excluding carboxylic acids is 1. The van der Waals surface area contributed by atoms with E-state index in [2.05, 4.69) is 45.1 Å². The first-order valence-corrected chi connectivity index (χ1v) is 18.8. The van der Waals surface area contributed by atoms with Gasteiger partial charge in [-0.15, -0.1) is 10.2 Å². The van der Waals surface area contributed by atoms with Crippen LogP contribution in [-0.4, -0.2) is 33.2 Å². The van der Waals surface area contributed by atoms with Crippen molar-refractivity contribution in [2.45, 2.75) is 49.3 Å². The number of anilines is 1. The number of nitrogens with zero attached hydrogens (tertiary/aromatic N) is 2. The Labute approximate surface area is 311 Å². The van der Waals surface area contributed by atoms with Gasteiger partial charge in [-0.2, -0.15) is 0 Å². The smallest absolute Gasteiger partial charge is 0.319 e. The molecular weight excluding hydrogens is 693 g/mol. The highest BCUT2D eigenvalue weighted by Crippen LogP contribution is 2.40. The molecular formula is C41H38N4O5S2. The van der Waals surface area contributed by atoms with Gasteiger partial charge in [0.1, 0.15) is 16.5 Å². The number of ether oxygens (including phenoxy) is 3. The molecule has 3 atom stereocenters.